The number of hydrogen-bond acceptors (Lipinski definition) is 5. The first-order valence-corrected chi connectivity index (χ1v) is 3.96. The maximum atomic E-state index is 11.3. The summed E-state index contributed by atoms with van der Waals surface area (Å²) in [7, 11) is 1.62. The minimum Gasteiger partial charge on any atom is -0.461 e. The highest BCUT2D eigenvalue weighted by atomic mass is 16.5. The Morgan fingerprint density at radius 3 is 2.92 bits per heavy atom. The van der Waals surface area contributed by atoms with Crippen molar-refractivity contribution in [3.8, 4) is 0 Å². The summed E-state index contributed by atoms with van der Waals surface area (Å²) >= 11 is 0. The number of aryl methyl sites for hydroxylation is 1. The molecule has 0 aliphatic rings. The minimum atomic E-state index is -0.435. The molecule has 0 saturated carbocycles. The van der Waals surface area contributed by atoms with Gasteiger partial charge < -0.3 is 10.5 Å². The normalized spacial score (nSPS) is 10.1. The van der Waals surface area contributed by atoms with Gasteiger partial charge in [-0.1, -0.05) is 5.21 Å². The number of rotatable bonds is 3. The van der Waals surface area contributed by atoms with Crippen molar-refractivity contribution in [2.45, 2.75) is 13.5 Å². The van der Waals surface area contributed by atoms with Crippen LogP contribution in [-0.2, 0) is 18.3 Å². The molecule has 0 atom stereocenters. The third kappa shape index (κ3) is 1.83. The lowest BCUT2D eigenvalue weighted by Crippen LogP contribution is -2.14. The van der Waals surface area contributed by atoms with Gasteiger partial charge in [0.05, 0.1) is 6.61 Å². The Hall–Kier alpha value is -1.43. The minimum absolute atomic E-state index is 0.183. The first kappa shape index (κ1) is 9.66. The summed E-state index contributed by atoms with van der Waals surface area (Å²) in [4.78, 5) is 11.3. The molecule has 1 heterocycles. The molecule has 72 valence electrons. The molecule has 0 saturated heterocycles. The second-order valence-corrected chi connectivity index (χ2v) is 2.43. The topological polar surface area (TPSA) is 83.0 Å². The van der Waals surface area contributed by atoms with Gasteiger partial charge in [0.25, 0.3) is 0 Å². The zero-order chi connectivity index (χ0) is 9.84. The van der Waals surface area contributed by atoms with Crippen LogP contribution in [0.25, 0.3) is 0 Å². The fourth-order valence-corrected chi connectivity index (χ4v) is 0.987. The Morgan fingerprint density at radius 2 is 2.38 bits per heavy atom. The van der Waals surface area contributed by atoms with Crippen LogP contribution in [0.3, 0.4) is 0 Å². The average molecular weight is 184 g/mol. The number of carbonyl (C=O) groups excluding carboxylic acids is 1. The Bertz CT molecular complexity index is 307. The van der Waals surface area contributed by atoms with Gasteiger partial charge in [0.15, 0.2) is 5.69 Å². The summed E-state index contributed by atoms with van der Waals surface area (Å²) in [5, 5.41) is 7.40. The van der Waals surface area contributed by atoms with Gasteiger partial charge in [-0.15, -0.1) is 5.10 Å². The van der Waals surface area contributed by atoms with Gasteiger partial charge in [0, 0.05) is 13.6 Å². The van der Waals surface area contributed by atoms with E-state index < -0.39 is 5.97 Å². The fourth-order valence-electron chi connectivity index (χ4n) is 0.987. The molecule has 0 aliphatic heterocycles. The van der Waals surface area contributed by atoms with Crippen molar-refractivity contribution in [2.75, 3.05) is 6.61 Å². The number of esters is 1. The van der Waals surface area contributed by atoms with Gasteiger partial charge in [0.2, 0.25) is 0 Å². The van der Waals surface area contributed by atoms with E-state index in [-0.39, 0.29) is 6.54 Å². The summed E-state index contributed by atoms with van der Waals surface area (Å²) in [6, 6.07) is 0. The lowest BCUT2D eigenvalue weighted by atomic mass is 10.3. The number of nitrogens with two attached hydrogens (primary N) is 1. The summed E-state index contributed by atoms with van der Waals surface area (Å²) in [5.41, 5.74) is 6.16. The molecule has 0 bridgehead atoms. The van der Waals surface area contributed by atoms with Crippen molar-refractivity contribution in [1.29, 1.82) is 0 Å². The van der Waals surface area contributed by atoms with Crippen molar-refractivity contribution < 1.29 is 9.53 Å². The van der Waals surface area contributed by atoms with Crippen LogP contribution in [0.4, 0.5) is 0 Å². The Morgan fingerprint density at radius 1 is 1.69 bits per heavy atom. The molecule has 1 aromatic rings. The monoisotopic (exact) mass is 184 g/mol. The number of aromatic nitrogens is 3. The highest BCUT2D eigenvalue weighted by molar-refractivity contribution is 5.88. The largest absolute Gasteiger partial charge is 0.461 e. The SMILES string of the molecule is CCOC(=O)c1c(CN)nnn1C. The summed E-state index contributed by atoms with van der Waals surface area (Å²) < 4.78 is 6.18. The molecule has 0 amide bonds. The van der Waals surface area contributed by atoms with E-state index in [2.05, 4.69) is 10.3 Å². The third-order valence-corrected chi connectivity index (χ3v) is 1.56. The quantitative estimate of drug-likeness (QED) is 0.637. The molecular weight excluding hydrogens is 172 g/mol. The Kier molecular flexibility index (Phi) is 2.97. The molecule has 2 N–H and O–H groups in total. The Labute approximate surface area is 75.7 Å². The number of ether oxygens (including phenoxy) is 1. The standard InChI is InChI=1S/C7H12N4O2/c1-3-13-7(12)6-5(4-8)9-10-11(6)2/h3-4,8H2,1-2H3. The van der Waals surface area contributed by atoms with E-state index in [0.29, 0.717) is 18.0 Å². The van der Waals surface area contributed by atoms with Gasteiger partial charge in [-0.3, -0.25) is 0 Å². The second-order valence-electron chi connectivity index (χ2n) is 2.43. The van der Waals surface area contributed by atoms with Crippen LogP contribution in [0.5, 0.6) is 0 Å². The van der Waals surface area contributed by atoms with Gasteiger partial charge in [-0.05, 0) is 6.92 Å². The predicted molar refractivity (Wildman–Crippen MR) is 44.9 cm³/mol. The molecule has 1 aromatic heterocycles. The van der Waals surface area contributed by atoms with Crippen molar-refractivity contribution >= 4 is 5.97 Å². The van der Waals surface area contributed by atoms with E-state index in [1.807, 2.05) is 0 Å². The van der Waals surface area contributed by atoms with Crippen LogP contribution in [0.15, 0.2) is 0 Å². The molecule has 0 radical (unpaired) electrons. The van der Waals surface area contributed by atoms with E-state index >= 15 is 0 Å². The maximum Gasteiger partial charge on any atom is 0.358 e. The number of hydrogen-bond donors (Lipinski definition) is 1. The van der Waals surface area contributed by atoms with E-state index in [4.69, 9.17) is 10.5 Å². The molecule has 0 spiro atoms. The predicted octanol–water partition coefficient (Wildman–Crippen LogP) is -0.550. The van der Waals surface area contributed by atoms with Crippen LogP contribution in [0.1, 0.15) is 23.1 Å². The molecule has 0 aliphatic carbocycles. The first-order chi connectivity index (χ1) is 6.20. The lowest BCUT2D eigenvalue weighted by Gasteiger charge is -2.01. The van der Waals surface area contributed by atoms with Crippen LogP contribution in [0.2, 0.25) is 0 Å². The fraction of sp³-hybridized carbons (Fsp3) is 0.571. The highest BCUT2D eigenvalue weighted by Gasteiger charge is 2.18. The first-order valence-electron chi connectivity index (χ1n) is 3.96. The molecule has 13 heavy (non-hydrogen) atoms. The molecule has 0 unspecified atom stereocenters. The molecule has 6 nitrogen and oxygen atoms in total. The zero-order valence-electron chi connectivity index (χ0n) is 7.65. The van der Waals surface area contributed by atoms with Gasteiger partial charge in [-0.2, -0.15) is 0 Å². The Balaban J connectivity index is 2.96. The van der Waals surface area contributed by atoms with Crippen molar-refractivity contribution in [2.24, 2.45) is 12.8 Å². The van der Waals surface area contributed by atoms with Crippen LogP contribution in [0, 0.1) is 0 Å². The average Bonchev–Trinajstić information content (AvgIpc) is 2.47. The highest BCUT2D eigenvalue weighted by Crippen LogP contribution is 2.04. The van der Waals surface area contributed by atoms with E-state index in [0.717, 1.165) is 0 Å². The van der Waals surface area contributed by atoms with E-state index in [9.17, 15) is 4.79 Å². The summed E-state index contributed by atoms with van der Waals surface area (Å²) in [6.45, 7) is 2.25. The smallest absolute Gasteiger partial charge is 0.358 e. The van der Waals surface area contributed by atoms with E-state index in [1.54, 1.807) is 14.0 Å². The molecule has 0 aromatic carbocycles. The zero-order valence-corrected chi connectivity index (χ0v) is 7.65. The molecule has 6 heteroatoms. The maximum absolute atomic E-state index is 11.3. The summed E-state index contributed by atoms with van der Waals surface area (Å²) in [6.07, 6.45) is 0. The van der Waals surface area contributed by atoms with Crippen molar-refractivity contribution in [3.63, 3.8) is 0 Å². The second kappa shape index (κ2) is 3.99. The van der Waals surface area contributed by atoms with Crippen LogP contribution >= 0.6 is 0 Å². The van der Waals surface area contributed by atoms with Gasteiger partial charge in [0.1, 0.15) is 5.69 Å². The number of nitrogens with zero attached hydrogens (tertiary/aromatic N) is 3. The molecule has 1 rings (SSSR count). The summed E-state index contributed by atoms with van der Waals surface area (Å²) in [5.74, 6) is -0.435. The molecular formula is C7H12N4O2. The molecule has 0 fully saturated rings. The number of carbonyl (C=O) groups is 1. The van der Waals surface area contributed by atoms with Gasteiger partial charge >= 0.3 is 5.97 Å². The van der Waals surface area contributed by atoms with Gasteiger partial charge in [-0.25, -0.2) is 9.48 Å². The third-order valence-electron chi connectivity index (χ3n) is 1.56. The van der Waals surface area contributed by atoms with Crippen LogP contribution in [-0.4, -0.2) is 27.6 Å². The lowest BCUT2D eigenvalue weighted by molar-refractivity contribution is 0.0512. The van der Waals surface area contributed by atoms with E-state index in [1.165, 1.54) is 4.68 Å². The van der Waals surface area contributed by atoms with Crippen molar-refractivity contribution in [1.82, 2.24) is 15.0 Å². The van der Waals surface area contributed by atoms with Crippen LogP contribution < -0.4 is 5.73 Å². The van der Waals surface area contributed by atoms with Crippen molar-refractivity contribution in [3.05, 3.63) is 11.4 Å².